The monoisotopic (exact) mass is 638 g/mol. The highest BCUT2D eigenvalue weighted by Crippen LogP contribution is 2.37. The minimum absolute atomic E-state index is 0.0112. The Bertz CT molecular complexity index is 1420. The molecule has 2 aromatic rings. The van der Waals surface area contributed by atoms with Gasteiger partial charge in [-0.25, -0.2) is 19.4 Å². The maximum Gasteiger partial charge on any atom is 0.409 e. The summed E-state index contributed by atoms with van der Waals surface area (Å²) in [5.41, 5.74) is -0.903. The zero-order chi connectivity index (χ0) is 33.1. The van der Waals surface area contributed by atoms with Crippen LogP contribution in [-0.4, -0.2) is 95.6 Å². The van der Waals surface area contributed by atoms with Crippen LogP contribution in [0, 0.1) is 5.92 Å². The number of piperazine rings is 1. The third-order valence-corrected chi connectivity index (χ3v) is 6.92. The van der Waals surface area contributed by atoms with Crippen molar-refractivity contribution in [2.45, 2.75) is 64.8 Å². The quantitative estimate of drug-likeness (QED) is 0.380. The third kappa shape index (κ3) is 8.51. The van der Waals surface area contributed by atoms with E-state index in [1.54, 1.807) is 20.8 Å². The third-order valence-electron chi connectivity index (χ3n) is 6.92. The summed E-state index contributed by atoms with van der Waals surface area (Å²) in [6, 6.07) is 1.58. The van der Waals surface area contributed by atoms with E-state index in [1.165, 1.54) is 25.1 Å². The molecule has 2 aliphatic rings. The van der Waals surface area contributed by atoms with Crippen molar-refractivity contribution in [3.05, 3.63) is 29.7 Å². The van der Waals surface area contributed by atoms with Gasteiger partial charge in [0.25, 0.3) is 5.91 Å². The molecule has 16 heteroatoms. The van der Waals surface area contributed by atoms with E-state index in [0.717, 1.165) is 29.8 Å². The van der Waals surface area contributed by atoms with Gasteiger partial charge in [0, 0.05) is 18.7 Å². The van der Waals surface area contributed by atoms with Crippen LogP contribution in [-0.2, 0) is 14.3 Å². The van der Waals surface area contributed by atoms with E-state index in [4.69, 9.17) is 18.6 Å². The lowest BCUT2D eigenvalue weighted by Gasteiger charge is -2.38. The number of benzene rings is 1. The molecule has 2 atom stereocenters. The number of aromatic nitrogens is 1. The summed E-state index contributed by atoms with van der Waals surface area (Å²) < 4.78 is 52.5. The second-order valence-electron chi connectivity index (χ2n) is 11.7. The number of carbonyl (C=O) groups is 4. The number of carbonyl (C=O) groups excluding carboxylic acids is 3. The average molecular weight is 639 g/mol. The molecule has 2 fully saturated rings. The fraction of sp³-hybridized carbons (Fsp3) is 0.552. The van der Waals surface area contributed by atoms with Gasteiger partial charge in [0.1, 0.15) is 11.6 Å². The van der Waals surface area contributed by atoms with Crippen molar-refractivity contribution in [1.29, 1.82) is 0 Å². The van der Waals surface area contributed by atoms with Gasteiger partial charge in [-0.05, 0) is 64.7 Å². The summed E-state index contributed by atoms with van der Waals surface area (Å²) in [7, 11) is 1.16. The van der Waals surface area contributed by atoms with Gasteiger partial charge in [-0.3, -0.25) is 4.79 Å². The summed E-state index contributed by atoms with van der Waals surface area (Å²) in [5.74, 6) is -2.35. The molecule has 1 saturated heterocycles. The van der Waals surface area contributed by atoms with E-state index >= 15 is 0 Å². The maximum absolute atomic E-state index is 13.9. The summed E-state index contributed by atoms with van der Waals surface area (Å²) in [6.07, 6.45) is 0.345. The summed E-state index contributed by atoms with van der Waals surface area (Å²) >= 11 is 0. The molecule has 1 aromatic heterocycles. The van der Waals surface area contributed by atoms with Crippen LogP contribution in [0.25, 0.3) is 11.5 Å². The zero-order valence-corrected chi connectivity index (χ0v) is 25.5. The lowest BCUT2D eigenvalue weighted by Crippen LogP contribution is -2.59. The number of ether oxygens (including phenoxy) is 4. The van der Waals surface area contributed by atoms with Crippen molar-refractivity contribution in [2.75, 3.05) is 33.4 Å². The fourth-order valence-corrected chi connectivity index (χ4v) is 4.56. The predicted molar refractivity (Wildman–Crippen MR) is 151 cm³/mol. The second kappa shape index (κ2) is 13.6. The van der Waals surface area contributed by atoms with Gasteiger partial charge < -0.3 is 43.6 Å². The normalized spacial score (nSPS) is 17.5. The molecule has 2 N–H and O–H groups in total. The molecule has 1 aromatic carbocycles. The second-order valence-corrected chi connectivity index (χ2v) is 11.7. The van der Waals surface area contributed by atoms with Crippen molar-refractivity contribution in [3.63, 3.8) is 0 Å². The molecule has 246 valence electrons. The molecule has 4 rings (SSSR count). The molecule has 3 amide bonds. The SMILES string of the molecule is COC(=O)N1CCN(C(=O)c2nc(-c3ccc(OC(F)F)c(OCC4CC4)c3)oc2[C@H](C)NC(=O)OC(C)(C)C)C(C(=O)O)C1. The molecule has 1 unspecified atom stereocenters. The van der Waals surface area contributed by atoms with Crippen molar-refractivity contribution >= 4 is 24.1 Å². The van der Waals surface area contributed by atoms with Crippen molar-refractivity contribution in [2.24, 2.45) is 5.92 Å². The molecule has 0 radical (unpaired) electrons. The molecule has 1 saturated carbocycles. The molecule has 14 nitrogen and oxygen atoms in total. The number of carboxylic acid groups (broad SMARTS) is 1. The molecule has 0 bridgehead atoms. The van der Waals surface area contributed by atoms with Gasteiger partial charge >= 0.3 is 24.8 Å². The summed E-state index contributed by atoms with van der Waals surface area (Å²) in [6.45, 7) is 3.19. The number of nitrogens with one attached hydrogen (secondary N) is 1. The van der Waals surface area contributed by atoms with Gasteiger partial charge in [0.05, 0.1) is 26.3 Å². The van der Waals surface area contributed by atoms with Gasteiger partial charge in [0.2, 0.25) is 5.89 Å². The number of aliphatic carboxylic acids is 1. The summed E-state index contributed by atoms with van der Waals surface area (Å²) in [5, 5.41) is 12.5. The molecule has 0 spiro atoms. The number of hydrogen-bond donors (Lipinski definition) is 2. The minimum Gasteiger partial charge on any atom is -0.489 e. The van der Waals surface area contributed by atoms with Crippen LogP contribution in [0.1, 0.15) is 62.8 Å². The van der Waals surface area contributed by atoms with E-state index in [0.29, 0.717) is 5.92 Å². The number of alkyl halides is 2. The van der Waals surface area contributed by atoms with Gasteiger partial charge in [-0.1, -0.05) is 0 Å². The first kappa shape index (κ1) is 33.3. The minimum atomic E-state index is -3.10. The first-order valence-electron chi connectivity index (χ1n) is 14.3. The number of carboxylic acids is 1. The summed E-state index contributed by atoms with van der Waals surface area (Å²) in [4.78, 5) is 57.3. The maximum atomic E-state index is 13.9. The number of nitrogens with zero attached hydrogens (tertiary/aromatic N) is 3. The Balaban J connectivity index is 1.71. The Hall–Kier alpha value is -4.63. The number of amides is 3. The smallest absolute Gasteiger partial charge is 0.409 e. The van der Waals surface area contributed by atoms with E-state index in [1.807, 2.05) is 0 Å². The fourth-order valence-electron chi connectivity index (χ4n) is 4.56. The number of methoxy groups -OCH3 is 1. The average Bonchev–Trinajstić information content (AvgIpc) is 3.69. The lowest BCUT2D eigenvalue weighted by atomic mass is 10.1. The van der Waals surface area contributed by atoms with Crippen LogP contribution in [0.15, 0.2) is 22.6 Å². The predicted octanol–water partition coefficient (Wildman–Crippen LogP) is 4.29. The largest absolute Gasteiger partial charge is 0.489 e. The Kier molecular flexibility index (Phi) is 10.0. The Labute approximate surface area is 257 Å². The van der Waals surface area contributed by atoms with E-state index in [-0.39, 0.29) is 60.6 Å². The topological polar surface area (TPSA) is 170 Å². The van der Waals surface area contributed by atoms with Gasteiger partial charge in [0.15, 0.2) is 23.0 Å². The number of halogens is 2. The number of oxazole rings is 1. The first-order chi connectivity index (χ1) is 21.2. The van der Waals surface area contributed by atoms with Crippen LogP contribution in [0.4, 0.5) is 18.4 Å². The Morgan fingerprint density at radius 2 is 1.87 bits per heavy atom. The highest BCUT2D eigenvalue weighted by molar-refractivity contribution is 5.97. The van der Waals surface area contributed by atoms with Crippen molar-refractivity contribution < 1.29 is 56.4 Å². The van der Waals surface area contributed by atoms with E-state index in [2.05, 4.69) is 15.0 Å². The molecule has 45 heavy (non-hydrogen) atoms. The Morgan fingerprint density at radius 3 is 2.47 bits per heavy atom. The Morgan fingerprint density at radius 1 is 1.16 bits per heavy atom. The first-order valence-corrected chi connectivity index (χ1v) is 14.3. The molecule has 1 aliphatic heterocycles. The lowest BCUT2D eigenvalue weighted by molar-refractivity contribution is -0.144. The molecule has 2 heterocycles. The molecular formula is C29H36F2N4O10. The van der Waals surface area contributed by atoms with Gasteiger partial charge in [-0.15, -0.1) is 0 Å². The highest BCUT2D eigenvalue weighted by atomic mass is 19.3. The number of hydrogen-bond acceptors (Lipinski definition) is 10. The zero-order valence-electron chi connectivity index (χ0n) is 25.5. The highest BCUT2D eigenvalue weighted by Gasteiger charge is 2.40. The van der Waals surface area contributed by atoms with Crippen LogP contribution < -0.4 is 14.8 Å². The van der Waals surface area contributed by atoms with Gasteiger partial charge in [-0.2, -0.15) is 8.78 Å². The van der Waals surface area contributed by atoms with E-state index < -0.39 is 48.4 Å². The number of rotatable bonds is 10. The van der Waals surface area contributed by atoms with E-state index in [9.17, 15) is 33.1 Å². The van der Waals surface area contributed by atoms with Crippen LogP contribution in [0.2, 0.25) is 0 Å². The van der Waals surface area contributed by atoms with Crippen molar-refractivity contribution in [1.82, 2.24) is 20.1 Å². The standard InChI is InChI=1S/C29H36F2N4O10/c1-15(32-27(39)45-29(2,3)4)22-21(24(36)35-11-10-34(28(40)41-5)13-18(35)25(37)38)33-23(44-22)17-8-9-19(43-26(30)31)20(12-17)42-14-16-6-7-16/h8-9,12,15-16,18,26H,6-7,10-11,13-14H2,1-5H3,(H,32,39)(H,37,38)/t15-,18?/m0/s1. The van der Waals surface area contributed by atoms with Crippen molar-refractivity contribution in [3.8, 4) is 23.0 Å². The van der Waals surface area contributed by atoms with Crippen LogP contribution >= 0.6 is 0 Å². The molecular weight excluding hydrogens is 602 g/mol. The molecule has 1 aliphatic carbocycles. The number of alkyl carbamates (subject to hydrolysis) is 1. The van der Waals surface area contributed by atoms with Crippen LogP contribution in [0.3, 0.4) is 0 Å². The van der Waals surface area contributed by atoms with Crippen LogP contribution in [0.5, 0.6) is 11.5 Å².